The van der Waals surface area contributed by atoms with Gasteiger partial charge in [-0.15, -0.1) is 0 Å². The van der Waals surface area contributed by atoms with Crippen LogP contribution in [0, 0.1) is 10.1 Å². The number of anilines is 1. The summed E-state index contributed by atoms with van der Waals surface area (Å²) in [6.07, 6.45) is 2.97. The molecule has 2 rings (SSSR count). The van der Waals surface area contributed by atoms with E-state index in [4.69, 9.17) is 10.5 Å². The number of nitrogens with zero attached hydrogens (tertiary/aromatic N) is 3. The summed E-state index contributed by atoms with van der Waals surface area (Å²) >= 11 is 0. The molecule has 0 bridgehead atoms. The van der Waals surface area contributed by atoms with Crippen LogP contribution >= 0.6 is 0 Å². The molecule has 92 valence electrons. The Morgan fingerprint density at radius 1 is 1.39 bits per heavy atom. The van der Waals surface area contributed by atoms with E-state index in [1.807, 2.05) is 0 Å². The standard InChI is InChI=1S/C11H10N4O3/c1-18-8-4-7(5-13-6-8)11-9(15(16)17)2-3-10(12)14-11/h2-6H,1H3,(H2,12,14). The van der Waals surface area contributed by atoms with Crippen LogP contribution < -0.4 is 10.5 Å². The van der Waals surface area contributed by atoms with E-state index in [1.165, 1.54) is 31.6 Å². The third kappa shape index (κ3) is 2.19. The second kappa shape index (κ2) is 4.66. The van der Waals surface area contributed by atoms with Gasteiger partial charge in [0.25, 0.3) is 5.69 Å². The molecular weight excluding hydrogens is 236 g/mol. The number of rotatable bonds is 3. The Labute approximate surface area is 102 Å². The predicted octanol–water partition coefficient (Wildman–Crippen LogP) is 1.64. The van der Waals surface area contributed by atoms with E-state index >= 15 is 0 Å². The molecule has 2 heterocycles. The Morgan fingerprint density at radius 3 is 2.83 bits per heavy atom. The molecule has 0 unspecified atom stereocenters. The average molecular weight is 246 g/mol. The first-order chi connectivity index (χ1) is 8.61. The van der Waals surface area contributed by atoms with Gasteiger partial charge in [-0.2, -0.15) is 0 Å². The van der Waals surface area contributed by atoms with Crippen LogP contribution in [0.2, 0.25) is 0 Å². The van der Waals surface area contributed by atoms with E-state index in [9.17, 15) is 10.1 Å². The summed E-state index contributed by atoms with van der Waals surface area (Å²) in [6.45, 7) is 0. The van der Waals surface area contributed by atoms with Crippen LogP contribution in [0.5, 0.6) is 5.75 Å². The Balaban J connectivity index is 2.61. The maximum atomic E-state index is 10.9. The van der Waals surface area contributed by atoms with Crippen molar-refractivity contribution in [2.24, 2.45) is 0 Å². The van der Waals surface area contributed by atoms with Crippen LogP contribution in [0.1, 0.15) is 0 Å². The monoisotopic (exact) mass is 246 g/mol. The number of methoxy groups -OCH3 is 1. The second-order valence-corrected chi connectivity index (χ2v) is 3.47. The lowest BCUT2D eigenvalue weighted by atomic mass is 10.1. The van der Waals surface area contributed by atoms with Gasteiger partial charge in [-0.05, 0) is 12.1 Å². The van der Waals surface area contributed by atoms with Crippen molar-refractivity contribution in [2.75, 3.05) is 12.8 Å². The average Bonchev–Trinajstić information content (AvgIpc) is 2.38. The molecule has 2 aromatic heterocycles. The third-order valence-corrected chi connectivity index (χ3v) is 2.31. The van der Waals surface area contributed by atoms with Gasteiger partial charge in [-0.25, -0.2) is 4.98 Å². The van der Waals surface area contributed by atoms with E-state index in [1.54, 1.807) is 6.07 Å². The number of aromatic nitrogens is 2. The van der Waals surface area contributed by atoms with Crippen molar-refractivity contribution in [3.8, 4) is 17.0 Å². The molecule has 0 amide bonds. The van der Waals surface area contributed by atoms with E-state index in [-0.39, 0.29) is 17.2 Å². The van der Waals surface area contributed by atoms with Crippen LogP contribution in [-0.4, -0.2) is 22.0 Å². The summed E-state index contributed by atoms with van der Waals surface area (Å²) in [6, 6.07) is 4.31. The van der Waals surface area contributed by atoms with E-state index < -0.39 is 4.92 Å². The van der Waals surface area contributed by atoms with Gasteiger partial charge in [-0.3, -0.25) is 15.1 Å². The first-order valence-corrected chi connectivity index (χ1v) is 5.02. The molecule has 0 aliphatic carbocycles. The Kier molecular flexibility index (Phi) is 3.05. The fraction of sp³-hybridized carbons (Fsp3) is 0.0909. The molecular formula is C11H10N4O3. The van der Waals surface area contributed by atoms with E-state index in [0.717, 1.165) is 0 Å². The molecule has 0 aromatic carbocycles. The van der Waals surface area contributed by atoms with Gasteiger partial charge in [0.05, 0.1) is 18.2 Å². The van der Waals surface area contributed by atoms with Gasteiger partial charge in [0.15, 0.2) is 5.69 Å². The maximum absolute atomic E-state index is 10.9. The number of hydrogen-bond donors (Lipinski definition) is 1. The van der Waals surface area contributed by atoms with Crippen molar-refractivity contribution in [1.82, 2.24) is 9.97 Å². The predicted molar refractivity (Wildman–Crippen MR) is 65.1 cm³/mol. The fourth-order valence-electron chi connectivity index (χ4n) is 1.49. The molecule has 0 atom stereocenters. The van der Waals surface area contributed by atoms with Gasteiger partial charge >= 0.3 is 0 Å². The zero-order chi connectivity index (χ0) is 13.1. The summed E-state index contributed by atoms with van der Waals surface area (Å²) < 4.78 is 5.02. The topological polar surface area (TPSA) is 104 Å². The molecule has 0 radical (unpaired) electrons. The molecule has 0 aliphatic rings. The highest BCUT2D eigenvalue weighted by Gasteiger charge is 2.17. The molecule has 18 heavy (non-hydrogen) atoms. The quantitative estimate of drug-likeness (QED) is 0.652. The number of nitro groups is 1. The SMILES string of the molecule is COc1cncc(-c2nc(N)ccc2[N+](=O)[O-])c1. The zero-order valence-electron chi connectivity index (χ0n) is 9.53. The molecule has 2 aromatic rings. The summed E-state index contributed by atoms with van der Waals surface area (Å²) in [5.41, 5.74) is 6.08. The van der Waals surface area contributed by atoms with Crippen LogP contribution in [-0.2, 0) is 0 Å². The highest BCUT2D eigenvalue weighted by Crippen LogP contribution is 2.29. The largest absolute Gasteiger partial charge is 0.495 e. The molecule has 0 saturated heterocycles. The zero-order valence-corrected chi connectivity index (χ0v) is 9.53. The Morgan fingerprint density at radius 2 is 2.17 bits per heavy atom. The molecule has 7 heteroatoms. The van der Waals surface area contributed by atoms with Crippen molar-refractivity contribution in [1.29, 1.82) is 0 Å². The van der Waals surface area contributed by atoms with Gasteiger partial charge < -0.3 is 10.5 Å². The van der Waals surface area contributed by atoms with Crippen molar-refractivity contribution in [3.05, 3.63) is 40.7 Å². The van der Waals surface area contributed by atoms with Gasteiger partial charge in [0.2, 0.25) is 0 Å². The van der Waals surface area contributed by atoms with Crippen molar-refractivity contribution >= 4 is 11.5 Å². The highest BCUT2D eigenvalue weighted by molar-refractivity contribution is 5.71. The third-order valence-electron chi connectivity index (χ3n) is 2.31. The summed E-state index contributed by atoms with van der Waals surface area (Å²) in [5.74, 6) is 0.699. The van der Waals surface area contributed by atoms with Crippen molar-refractivity contribution < 1.29 is 9.66 Å². The Hall–Kier alpha value is -2.70. The van der Waals surface area contributed by atoms with E-state index in [0.29, 0.717) is 11.3 Å². The lowest BCUT2D eigenvalue weighted by Gasteiger charge is -2.05. The summed E-state index contributed by atoms with van der Waals surface area (Å²) in [4.78, 5) is 18.3. The number of nitrogen functional groups attached to an aromatic ring is 1. The molecule has 0 aliphatic heterocycles. The minimum Gasteiger partial charge on any atom is -0.495 e. The number of ether oxygens (including phenoxy) is 1. The number of hydrogen-bond acceptors (Lipinski definition) is 6. The highest BCUT2D eigenvalue weighted by atomic mass is 16.6. The number of nitrogens with two attached hydrogens (primary N) is 1. The fourth-order valence-corrected chi connectivity index (χ4v) is 1.49. The second-order valence-electron chi connectivity index (χ2n) is 3.47. The summed E-state index contributed by atoms with van der Waals surface area (Å²) in [5, 5.41) is 10.9. The first-order valence-electron chi connectivity index (χ1n) is 5.02. The van der Waals surface area contributed by atoms with Crippen LogP contribution in [0.15, 0.2) is 30.6 Å². The normalized spacial score (nSPS) is 10.1. The van der Waals surface area contributed by atoms with Crippen molar-refractivity contribution in [3.63, 3.8) is 0 Å². The molecule has 0 fully saturated rings. The smallest absolute Gasteiger partial charge is 0.295 e. The van der Waals surface area contributed by atoms with E-state index in [2.05, 4.69) is 9.97 Å². The van der Waals surface area contributed by atoms with Gasteiger partial charge in [0, 0.05) is 17.8 Å². The van der Waals surface area contributed by atoms with Crippen LogP contribution in [0.4, 0.5) is 11.5 Å². The lowest BCUT2D eigenvalue weighted by molar-refractivity contribution is -0.384. The van der Waals surface area contributed by atoms with Gasteiger partial charge in [-0.1, -0.05) is 0 Å². The van der Waals surface area contributed by atoms with Gasteiger partial charge in [0.1, 0.15) is 11.6 Å². The molecule has 7 nitrogen and oxygen atoms in total. The minimum atomic E-state index is -0.513. The Bertz CT molecular complexity index is 601. The van der Waals surface area contributed by atoms with Crippen LogP contribution in [0.25, 0.3) is 11.3 Å². The summed E-state index contributed by atoms with van der Waals surface area (Å²) in [7, 11) is 1.49. The van der Waals surface area contributed by atoms with Crippen molar-refractivity contribution in [2.45, 2.75) is 0 Å². The van der Waals surface area contributed by atoms with Crippen LogP contribution in [0.3, 0.4) is 0 Å². The minimum absolute atomic E-state index is 0.126. The maximum Gasteiger partial charge on any atom is 0.295 e. The molecule has 0 saturated carbocycles. The molecule has 2 N–H and O–H groups in total. The lowest BCUT2D eigenvalue weighted by Crippen LogP contribution is -1.98. The number of pyridine rings is 2. The first kappa shape index (κ1) is 11.8. The molecule has 0 spiro atoms.